The van der Waals surface area contributed by atoms with Gasteiger partial charge in [0.15, 0.2) is 0 Å². The molecule has 0 aromatic heterocycles. The molecule has 0 N–H and O–H groups in total. The molecule has 1 heterocycles. The number of ether oxygens (including phenoxy) is 2. The molecule has 5 nitrogen and oxygen atoms in total. The van der Waals surface area contributed by atoms with Gasteiger partial charge in [-0.1, -0.05) is 6.42 Å². The molecule has 1 aliphatic heterocycles. The van der Waals surface area contributed by atoms with Gasteiger partial charge in [-0.3, -0.25) is 0 Å². The van der Waals surface area contributed by atoms with Crippen LogP contribution in [-0.2, 0) is 19.1 Å². The second-order valence-corrected chi connectivity index (χ2v) is 6.24. The van der Waals surface area contributed by atoms with E-state index in [4.69, 9.17) is 9.47 Å². The molecule has 1 spiro atoms. The van der Waals surface area contributed by atoms with Crippen LogP contribution in [0.25, 0.3) is 0 Å². The number of hydrogen-bond donors (Lipinski definition) is 0. The number of nitrogens with zero attached hydrogens (tertiary/aromatic N) is 1. The van der Waals surface area contributed by atoms with Gasteiger partial charge in [0.2, 0.25) is 0 Å². The fraction of sp³-hybridized carbons (Fsp3) is 0.750. The van der Waals surface area contributed by atoms with Gasteiger partial charge in [-0.05, 0) is 53.1 Å². The maximum atomic E-state index is 12.4. The maximum Gasteiger partial charge on any atom is 0.338 e. The quantitative estimate of drug-likeness (QED) is 0.574. The lowest BCUT2D eigenvalue weighted by Gasteiger charge is -2.33. The fourth-order valence-corrected chi connectivity index (χ4v) is 3.18. The molecule has 0 amide bonds. The second-order valence-electron chi connectivity index (χ2n) is 6.24. The number of esters is 2. The van der Waals surface area contributed by atoms with E-state index in [1.54, 1.807) is 6.92 Å². The van der Waals surface area contributed by atoms with E-state index in [1.165, 1.54) is 0 Å². The van der Waals surface area contributed by atoms with Crippen LogP contribution in [-0.4, -0.2) is 49.7 Å². The average molecular weight is 295 g/mol. The molecule has 0 radical (unpaired) electrons. The summed E-state index contributed by atoms with van der Waals surface area (Å²) in [7, 11) is 3.96. The summed E-state index contributed by atoms with van der Waals surface area (Å²) in [6.45, 7) is 2.91. The Kier molecular flexibility index (Phi) is 5.04. The van der Waals surface area contributed by atoms with Crippen molar-refractivity contribution in [3.63, 3.8) is 0 Å². The van der Waals surface area contributed by atoms with E-state index < -0.39 is 5.60 Å². The molecule has 0 unspecified atom stereocenters. The normalized spacial score (nSPS) is 21.0. The van der Waals surface area contributed by atoms with Crippen LogP contribution in [0.15, 0.2) is 11.1 Å². The van der Waals surface area contributed by atoms with E-state index in [1.807, 2.05) is 19.0 Å². The Hall–Kier alpha value is -1.36. The van der Waals surface area contributed by atoms with Crippen LogP contribution < -0.4 is 0 Å². The zero-order valence-electron chi connectivity index (χ0n) is 13.2. The zero-order chi connectivity index (χ0) is 15.5. The van der Waals surface area contributed by atoms with E-state index in [0.717, 1.165) is 45.1 Å². The first kappa shape index (κ1) is 16.0. The van der Waals surface area contributed by atoms with Crippen molar-refractivity contribution in [1.82, 2.24) is 4.90 Å². The molecule has 0 saturated heterocycles. The summed E-state index contributed by atoms with van der Waals surface area (Å²) >= 11 is 0. The minimum atomic E-state index is -0.710. The molecule has 0 aromatic carbocycles. The van der Waals surface area contributed by atoms with E-state index in [0.29, 0.717) is 17.8 Å². The van der Waals surface area contributed by atoms with Crippen molar-refractivity contribution < 1.29 is 19.1 Å². The summed E-state index contributed by atoms with van der Waals surface area (Å²) in [4.78, 5) is 26.3. The lowest BCUT2D eigenvalue weighted by atomic mass is 9.79. The average Bonchev–Trinajstić information content (AvgIpc) is 2.66. The van der Waals surface area contributed by atoms with E-state index in [2.05, 4.69) is 0 Å². The van der Waals surface area contributed by atoms with E-state index in [-0.39, 0.29) is 11.9 Å². The van der Waals surface area contributed by atoms with Crippen LogP contribution in [0.1, 0.15) is 45.4 Å². The van der Waals surface area contributed by atoms with Crippen LogP contribution >= 0.6 is 0 Å². The standard InChI is InChI=1S/C16H25NO4/c1-12-13(15(19)20-11-7-10-17(2)3)16(21-14(12)18)8-5-4-6-9-16/h4-11H2,1-3H3. The number of carbonyl (C=O) groups is 2. The van der Waals surface area contributed by atoms with Crippen molar-refractivity contribution >= 4 is 11.9 Å². The van der Waals surface area contributed by atoms with Crippen LogP contribution in [0.5, 0.6) is 0 Å². The summed E-state index contributed by atoms with van der Waals surface area (Å²) in [5, 5.41) is 0. The van der Waals surface area contributed by atoms with Crippen molar-refractivity contribution in [3.8, 4) is 0 Å². The van der Waals surface area contributed by atoms with Gasteiger partial charge < -0.3 is 14.4 Å². The molecule has 2 rings (SSSR count). The maximum absolute atomic E-state index is 12.4. The first-order chi connectivity index (χ1) is 9.96. The molecule has 2 aliphatic rings. The Morgan fingerprint density at radius 3 is 2.57 bits per heavy atom. The molecule has 1 aliphatic carbocycles. The third-order valence-corrected chi connectivity index (χ3v) is 4.27. The predicted octanol–water partition coefficient (Wildman–Crippen LogP) is 2.06. The lowest BCUT2D eigenvalue weighted by Crippen LogP contribution is -2.38. The first-order valence-corrected chi connectivity index (χ1v) is 7.73. The highest BCUT2D eigenvalue weighted by atomic mass is 16.6. The summed E-state index contributed by atoms with van der Waals surface area (Å²) in [5.74, 6) is -0.740. The Bertz CT molecular complexity index is 447. The molecule has 5 heteroatoms. The number of hydrogen-bond acceptors (Lipinski definition) is 5. The van der Waals surface area contributed by atoms with E-state index >= 15 is 0 Å². The highest BCUT2D eigenvalue weighted by molar-refractivity contribution is 6.05. The molecule has 118 valence electrons. The minimum Gasteiger partial charge on any atom is -0.462 e. The third-order valence-electron chi connectivity index (χ3n) is 4.27. The summed E-state index contributed by atoms with van der Waals surface area (Å²) in [5.41, 5.74) is 0.185. The van der Waals surface area contributed by atoms with Gasteiger partial charge in [0, 0.05) is 12.1 Å². The molecule has 0 aromatic rings. The lowest BCUT2D eigenvalue weighted by molar-refractivity contribution is -0.151. The molecule has 1 saturated carbocycles. The van der Waals surface area contributed by atoms with Crippen molar-refractivity contribution in [3.05, 3.63) is 11.1 Å². The number of rotatable bonds is 5. The first-order valence-electron chi connectivity index (χ1n) is 7.73. The van der Waals surface area contributed by atoms with Gasteiger partial charge in [0.1, 0.15) is 5.60 Å². The second kappa shape index (κ2) is 6.60. The summed E-state index contributed by atoms with van der Waals surface area (Å²) < 4.78 is 10.9. The zero-order valence-corrected chi connectivity index (χ0v) is 13.2. The van der Waals surface area contributed by atoms with Gasteiger partial charge >= 0.3 is 11.9 Å². The van der Waals surface area contributed by atoms with Gasteiger partial charge in [-0.25, -0.2) is 9.59 Å². The summed E-state index contributed by atoms with van der Waals surface area (Å²) in [6.07, 6.45) is 5.35. The van der Waals surface area contributed by atoms with Crippen molar-refractivity contribution in [2.75, 3.05) is 27.2 Å². The van der Waals surface area contributed by atoms with Crippen molar-refractivity contribution in [2.24, 2.45) is 0 Å². The fourth-order valence-electron chi connectivity index (χ4n) is 3.18. The Labute approximate surface area is 126 Å². The van der Waals surface area contributed by atoms with Gasteiger partial charge in [-0.2, -0.15) is 0 Å². The minimum absolute atomic E-state index is 0.364. The molecule has 0 atom stereocenters. The highest BCUT2D eigenvalue weighted by Gasteiger charge is 2.50. The largest absolute Gasteiger partial charge is 0.462 e. The molecule has 0 bridgehead atoms. The SMILES string of the molecule is CC1=C(C(=O)OCCCN(C)C)C2(CCCCC2)OC1=O. The topological polar surface area (TPSA) is 55.8 Å². The molecular weight excluding hydrogens is 270 g/mol. The molecule has 1 fully saturated rings. The van der Waals surface area contributed by atoms with Gasteiger partial charge in [-0.15, -0.1) is 0 Å². The van der Waals surface area contributed by atoms with Crippen molar-refractivity contribution in [2.45, 2.75) is 51.0 Å². The van der Waals surface area contributed by atoms with Crippen LogP contribution in [0.4, 0.5) is 0 Å². The highest BCUT2D eigenvalue weighted by Crippen LogP contribution is 2.44. The van der Waals surface area contributed by atoms with Crippen LogP contribution in [0.3, 0.4) is 0 Å². The molecule has 21 heavy (non-hydrogen) atoms. The Morgan fingerprint density at radius 2 is 1.95 bits per heavy atom. The third kappa shape index (κ3) is 3.46. The predicted molar refractivity (Wildman–Crippen MR) is 78.7 cm³/mol. The van der Waals surface area contributed by atoms with Gasteiger partial charge in [0.05, 0.1) is 12.2 Å². The van der Waals surface area contributed by atoms with Crippen LogP contribution in [0, 0.1) is 0 Å². The van der Waals surface area contributed by atoms with E-state index in [9.17, 15) is 9.59 Å². The summed E-state index contributed by atoms with van der Waals surface area (Å²) in [6, 6.07) is 0. The van der Waals surface area contributed by atoms with Crippen LogP contribution in [0.2, 0.25) is 0 Å². The number of carbonyl (C=O) groups excluding carboxylic acids is 2. The molecular formula is C16H25NO4. The van der Waals surface area contributed by atoms with Crippen molar-refractivity contribution in [1.29, 1.82) is 0 Å². The smallest absolute Gasteiger partial charge is 0.338 e. The Balaban J connectivity index is 2.03. The Morgan fingerprint density at radius 1 is 1.29 bits per heavy atom. The van der Waals surface area contributed by atoms with Gasteiger partial charge in [0.25, 0.3) is 0 Å². The monoisotopic (exact) mass is 295 g/mol.